The lowest BCUT2D eigenvalue weighted by molar-refractivity contribution is 0.229. The number of aromatic nitrogens is 2. The second kappa shape index (κ2) is 6.98. The average Bonchev–Trinajstić information content (AvgIpc) is 2.89. The quantitative estimate of drug-likeness (QED) is 0.758. The van der Waals surface area contributed by atoms with E-state index in [-0.39, 0.29) is 0 Å². The third-order valence-electron chi connectivity index (χ3n) is 3.07. The number of rotatable bonds is 6. The van der Waals surface area contributed by atoms with Crippen LogP contribution in [0.1, 0.15) is 35.7 Å². The number of hydrogen-bond acceptors (Lipinski definition) is 4. The van der Waals surface area contributed by atoms with Crippen LogP contribution in [0.15, 0.2) is 29.9 Å². The second-order valence-electron chi connectivity index (χ2n) is 4.51. The lowest BCUT2D eigenvalue weighted by atomic mass is 10.2. The minimum absolute atomic E-state index is 0.335. The van der Waals surface area contributed by atoms with Crippen LogP contribution in [0.2, 0.25) is 0 Å². The van der Waals surface area contributed by atoms with Crippen LogP contribution >= 0.6 is 22.9 Å². The number of nitrogens with zero attached hydrogens (tertiary/aromatic N) is 3. The van der Waals surface area contributed by atoms with Crippen molar-refractivity contribution >= 4 is 22.9 Å². The molecule has 2 heterocycles. The van der Waals surface area contributed by atoms with Gasteiger partial charge < -0.3 is 0 Å². The Hall–Kier alpha value is -0.970. The lowest BCUT2D eigenvalue weighted by Gasteiger charge is -2.25. The van der Waals surface area contributed by atoms with Crippen molar-refractivity contribution in [2.75, 3.05) is 7.05 Å². The van der Waals surface area contributed by atoms with Crippen LogP contribution < -0.4 is 0 Å². The summed E-state index contributed by atoms with van der Waals surface area (Å²) in [6, 6.07) is 4.41. The molecule has 0 bridgehead atoms. The Morgan fingerprint density at radius 1 is 1.47 bits per heavy atom. The molecule has 1 atom stereocenters. The van der Waals surface area contributed by atoms with E-state index in [9.17, 15) is 0 Å². The first-order chi connectivity index (χ1) is 9.24. The van der Waals surface area contributed by atoms with E-state index < -0.39 is 0 Å². The highest BCUT2D eigenvalue weighted by Crippen LogP contribution is 2.27. The van der Waals surface area contributed by atoms with Gasteiger partial charge in [0.15, 0.2) is 0 Å². The van der Waals surface area contributed by atoms with Gasteiger partial charge in [-0.3, -0.25) is 9.88 Å². The average molecular weight is 296 g/mol. The summed E-state index contributed by atoms with van der Waals surface area (Å²) < 4.78 is 0. The number of pyridine rings is 1. The predicted octanol–water partition coefficient (Wildman–Crippen LogP) is 3.86. The molecule has 19 heavy (non-hydrogen) atoms. The first-order valence-corrected chi connectivity index (χ1v) is 7.75. The van der Waals surface area contributed by atoms with Crippen molar-refractivity contribution < 1.29 is 0 Å². The molecule has 0 saturated carbocycles. The molecule has 0 aliphatic rings. The fourth-order valence-corrected chi connectivity index (χ4v) is 3.40. The van der Waals surface area contributed by atoms with E-state index in [1.165, 1.54) is 5.56 Å². The van der Waals surface area contributed by atoms with Gasteiger partial charge >= 0.3 is 0 Å². The lowest BCUT2D eigenvalue weighted by Crippen LogP contribution is -2.23. The van der Waals surface area contributed by atoms with Crippen molar-refractivity contribution in [1.82, 2.24) is 14.9 Å². The van der Waals surface area contributed by atoms with Crippen molar-refractivity contribution in [2.45, 2.75) is 31.8 Å². The Kier molecular flexibility index (Phi) is 5.31. The van der Waals surface area contributed by atoms with Crippen molar-refractivity contribution in [3.63, 3.8) is 0 Å². The summed E-state index contributed by atoms with van der Waals surface area (Å²) in [6.45, 7) is 3.06. The standard InChI is InChI=1S/C14H18ClN3S/c1-3-13(14-17-12(7-15)10-19-14)18(2)9-11-5-4-6-16-8-11/h4-6,8,10,13H,3,7,9H2,1-2H3. The van der Waals surface area contributed by atoms with Crippen LogP contribution in [-0.4, -0.2) is 21.9 Å². The molecule has 2 aromatic rings. The first kappa shape index (κ1) is 14.4. The molecular formula is C14H18ClN3S. The molecule has 2 rings (SSSR count). The van der Waals surface area contributed by atoms with Gasteiger partial charge in [0, 0.05) is 24.3 Å². The van der Waals surface area contributed by atoms with E-state index in [0.29, 0.717) is 11.9 Å². The topological polar surface area (TPSA) is 29.0 Å². The Morgan fingerprint density at radius 2 is 2.32 bits per heavy atom. The van der Waals surface area contributed by atoms with E-state index in [1.807, 2.05) is 17.6 Å². The highest BCUT2D eigenvalue weighted by molar-refractivity contribution is 7.09. The molecule has 0 aliphatic carbocycles. The van der Waals surface area contributed by atoms with Gasteiger partial charge in [-0.15, -0.1) is 22.9 Å². The maximum Gasteiger partial charge on any atom is 0.110 e. The Labute approximate surface area is 123 Å². The van der Waals surface area contributed by atoms with Crippen molar-refractivity contribution in [1.29, 1.82) is 0 Å². The highest BCUT2D eigenvalue weighted by Gasteiger charge is 2.18. The molecule has 102 valence electrons. The highest BCUT2D eigenvalue weighted by atomic mass is 35.5. The molecule has 0 fully saturated rings. The Balaban J connectivity index is 2.08. The van der Waals surface area contributed by atoms with Gasteiger partial charge in [-0.05, 0) is 25.1 Å². The van der Waals surface area contributed by atoms with Crippen LogP contribution in [0, 0.1) is 0 Å². The molecule has 2 aromatic heterocycles. The van der Waals surface area contributed by atoms with Crippen LogP contribution in [0.4, 0.5) is 0 Å². The Morgan fingerprint density at radius 3 is 2.89 bits per heavy atom. The molecular weight excluding hydrogens is 278 g/mol. The first-order valence-electron chi connectivity index (χ1n) is 6.34. The molecule has 0 aliphatic heterocycles. The minimum atomic E-state index is 0.335. The van der Waals surface area contributed by atoms with Crippen molar-refractivity contribution in [2.24, 2.45) is 0 Å². The van der Waals surface area contributed by atoms with Gasteiger partial charge in [-0.1, -0.05) is 13.0 Å². The van der Waals surface area contributed by atoms with E-state index in [1.54, 1.807) is 17.5 Å². The van der Waals surface area contributed by atoms with E-state index in [4.69, 9.17) is 11.6 Å². The van der Waals surface area contributed by atoms with Crippen LogP contribution in [0.25, 0.3) is 0 Å². The fourth-order valence-electron chi connectivity index (χ4n) is 2.10. The largest absolute Gasteiger partial charge is 0.293 e. The van der Waals surface area contributed by atoms with Gasteiger partial charge in [0.1, 0.15) is 5.01 Å². The predicted molar refractivity (Wildman–Crippen MR) is 80.4 cm³/mol. The zero-order valence-corrected chi connectivity index (χ0v) is 12.8. The second-order valence-corrected chi connectivity index (χ2v) is 5.67. The van der Waals surface area contributed by atoms with Gasteiger partial charge in [0.2, 0.25) is 0 Å². The van der Waals surface area contributed by atoms with Crippen LogP contribution in [0.3, 0.4) is 0 Å². The van der Waals surface area contributed by atoms with E-state index in [0.717, 1.165) is 23.7 Å². The van der Waals surface area contributed by atoms with Gasteiger partial charge in [-0.2, -0.15) is 0 Å². The smallest absolute Gasteiger partial charge is 0.110 e. The zero-order chi connectivity index (χ0) is 13.7. The van der Waals surface area contributed by atoms with Gasteiger partial charge in [0.25, 0.3) is 0 Å². The molecule has 3 nitrogen and oxygen atoms in total. The molecule has 0 aromatic carbocycles. The Bertz CT molecular complexity index is 500. The maximum atomic E-state index is 5.82. The molecule has 0 saturated heterocycles. The molecule has 5 heteroatoms. The van der Waals surface area contributed by atoms with E-state index in [2.05, 4.69) is 34.9 Å². The number of thiazole rings is 1. The summed E-state index contributed by atoms with van der Waals surface area (Å²) in [6.07, 6.45) is 4.75. The number of alkyl halides is 1. The molecule has 1 unspecified atom stereocenters. The summed E-state index contributed by atoms with van der Waals surface area (Å²) in [5.41, 5.74) is 2.19. The minimum Gasteiger partial charge on any atom is -0.293 e. The summed E-state index contributed by atoms with van der Waals surface area (Å²) in [4.78, 5) is 11.1. The number of halogens is 1. The maximum absolute atomic E-state index is 5.82. The van der Waals surface area contributed by atoms with Gasteiger partial charge in [-0.25, -0.2) is 4.98 Å². The third kappa shape index (κ3) is 3.75. The van der Waals surface area contributed by atoms with Crippen LogP contribution in [0.5, 0.6) is 0 Å². The summed E-state index contributed by atoms with van der Waals surface area (Å²) in [7, 11) is 2.13. The van der Waals surface area contributed by atoms with Crippen molar-refractivity contribution in [3.05, 3.63) is 46.2 Å². The zero-order valence-electron chi connectivity index (χ0n) is 11.2. The molecule has 0 amide bonds. The third-order valence-corrected chi connectivity index (χ3v) is 4.33. The normalized spacial score (nSPS) is 12.8. The SMILES string of the molecule is CCC(c1nc(CCl)cs1)N(C)Cc1cccnc1. The summed E-state index contributed by atoms with van der Waals surface area (Å²) >= 11 is 7.51. The molecule has 0 N–H and O–H groups in total. The molecule has 0 radical (unpaired) electrons. The van der Waals surface area contributed by atoms with Crippen molar-refractivity contribution in [3.8, 4) is 0 Å². The summed E-state index contributed by atoms with van der Waals surface area (Å²) in [5.74, 6) is 0.485. The molecule has 0 spiro atoms. The number of hydrogen-bond donors (Lipinski definition) is 0. The van der Waals surface area contributed by atoms with Crippen LogP contribution in [-0.2, 0) is 12.4 Å². The monoisotopic (exact) mass is 295 g/mol. The fraction of sp³-hybridized carbons (Fsp3) is 0.429. The van der Waals surface area contributed by atoms with E-state index >= 15 is 0 Å². The van der Waals surface area contributed by atoms with Gasteiger partial charge in [0.05, 0.1) is 17.6 Å². The summed E-state index contributed by atoms with van der Waals surface area (Å²) in [5, 5.41) is 3.19.